The molecule has 0 aliphatic carbocycles. The Labute approximate surface area is 118 Å². The molecule has 0 fully saturated rings. The van der Waals surface area contributed by atoms with Gasteiger partial charge in [0, 0.05) is 26.9 Å². The Morgan fingerprint density at radius 3 is 2.25 bits per heavy atom. The predicted octanol–water partition coefficient (Wildman–Crippen LogP) is 0.933. The first-order valence-electron chi connectivity index (χ1n) is 5.95. The Bertz CT molecular complexity index is 430. The SMILES string of the molecule is C[Si](C)(C)CCOCn1ccc(N)n1.O=C(O)C(=O)O. The molecule has 0 atom stereocenters. The molecule has 0 aliphatic heterocycles. The predicted molar refractivity (Wildman–Crippen MR) is 76.0 cm³/mol. The second-order valence-corrected chi connectivity index (χ2v) is 10.9. The highest BCUT2D eigenvalue weighted by Gasteiger charge is 2.11. The molecule has 1 aromatic heterocycles. The minimum absolute atomic E-state index is 0.502. The summed E-state index contributed by atoms with van der Waals surface area (Å²) in [5.41, 5.74) is 5.47. The van der Waals surface area contributed by atoms with E-state index in [0.717, 1.165) is 6.61 Å². The lowest BCUT2D eigenvalue weighted by atomic mass is 10.7. The summed E-state index contributed by atoms with van der Waals surface area (Å²) < 4.78 is 7.20. The number of hydrogen-bond acceptors (Lipinski definition) is 5. The molecule has 0 bridgehead atoms. The van der Waals surface area contributed by atoms with Crippen LogP contribution >= 0.6 is 0 Å². The van der Waals surface area contributed by atoms with Gasteiger partial charge in [-0.2, -0.15) is 5.10 Å². The molecule has 0 aliphatic rings. The number of nitrogen functional groups attached to an aromatic ring is 1. The molecule has 114 valence electrons. The van der Waals surface area contributed by atoms with Crippen LogP contribution in [0.15, 0.2) is 12.3 Å². The van der Waals surface area contributed by atoms with Gasteiger partial charge in [-0.25, -0.2) is 14.3 Å². The van der Waals surface area contributed by atoms with Crippen LogP contribution in [0.25, 0.3) is 0 Å². The molecular weight excluding hydrogens is 282 g/mol. The van der Waals surface area contributed by atoms with Gasteiger partial charge in [0.05, 0.1) is 0 Å². The molecule has 20 heavy (non-hydrogen) atoms. The maximum absolute atomic E-state index is 9.10. The van der Waals surface area contributed by atoms with Gasteiger partial charge in [0.1, 0.15) is 12.5 Å². The zero-order chi connectivity index (χ0) is 15.8. The van der Waals surface area contributed by atoms with Crippen molar-refractivity contribution in [3.8, 4) is 0 Å². The fourth-order valence-electron chi connectivity index (χ4n) is 0.986. The Morgan fingerprint density at radius 1 is 1.35 bits per heavy atom. The minimum Gasteiger partial charge on any atom is -0.473 e. The van der Waals surface area contributed by atoms with Crippen molar-refractivity contribution in [1.82, 2.24) is 9.78 Å². The monoisotopic (exact) mass is 303 g/mol. The highest BCUT2D eigenvalue weighted by molar-refractivity contribution is 6.76. The number of hydrogen-bond donors (Lipinski definition) is 3. The maximum Gasteiger partial charge on any atom is 0.414 e. The number of ether oxygens (including phenoxy) is 1. The van der Waals surface area contributed by atoms with Gasteiger partial charge in [-0.05, 0) is 6.04 Å². The Morgan fingerprint density at radius 2 is 1.90 bits per heavy atom. The standard InChI is InChI=1S/C9H19N3OSi.C2H2O4/c1-14(2,3)7-6-13-8-12-5-4-9(10)11-12;3-1(4)2(5)6/h4-5H,6-8H2,1-3H3,(H2,10,11);(H,3,4)(H,5,6). The van der Waals surface area contributed by atoms with Crippen LogP contribution in [0.1, 0.15) is 0 Å². The summed E-state index contributed by atoms with van der Waals surface area (Å²) in [7, 11) is -0.970. The molecule has 0 saturated heterocycles. The van der Waals surface area contributed by atoms with Gasteiger partial charge in [0.25, 0.3) is 0 Å². The third kappa shape index (κ3) is 10.1. The van der Waals surface area contributed by atoms with E-state index in [2.05, 4.69) is 24.7 Å². The first-order valence-corrected chi connectivity index (χ1v) is 9.65. The van der Waals surface area contributed by atoms with E-state index < -0.39 is 20.0 Å². The second-order valence-electron chi connectivity index (χ2n) is 5.24. The third-order valence-electron chi connectivity index (χ3n) is 2.06. The van der Waals surface area contributed by atoms with Crippen LogP contribution in [-0.2, 0) is 21.1 Å². The number of anilines is 1. The number of nitrogens with two attached hydrogens (primary N) is 1. The quantitative estimate of drug-likeness (QED) is 0.419. The Hall–Kier alpha value is -1.87. The lowest BCUT2D eigenvalue weighted by molar-refractivity contribution is -0.159. The van der Waals surface area contributed by atoms with E-state index in [1.165, 1.54) is 6.04 Å². The molecule has 0 amide bonds. The first-order chi connectivity index (χ1) is 9.11. The number of carbonyl (C=O) groups is 2. The molecular formula is C11H21N3O5Si. The highest BCUT2D eigenvalue weighted by Crippen LogP contribution is 2.07. The number of rotatable bonds is 5. The van der Waals surface area contributed by atoms with Crippen LogP contribution < -0.4 is 5.73 Å². The van der Waals surface area contributed by atoms with E-state index in [0.29, 0.717) is 12.5 Å². The van der Waals surface area contributed by atoms with Crippen LogP contribution in [0.2, 0.25) is 25.7 Å². The Balaban J connectivity index is 0.000000511. The molecule has 1 rings (SSSR count). The van der Waals surface area contributed by atoms with Gasteiger partial charge in [-0.1, -0.05) is 19.6 Å². The van der Waals surface area contributed by atoms with Crippen molar-refractivity contribution in [3.63, 3.8) is 0 Å². The van der Waals surface area contributed by atoms with Crippen LogP contribution in [-0.4, -0.2) is 46.6 Å². The normalized spacial score (nSPS) is 10.6. The fraction of sp³-hybridized carbons (Fsp3) is 0.545. The summed E-state index contributed by atoms with van der Waals surface area (Å²) in [6.45, 7) is 8.32. The topological polar surface area (TPSA) is 128 Å². The zero-order valence-electron chi connectivity index (χ0n) is 11.9. The second kappa shape index (κ2) is 8.33. The fourth-order valence-corrected chi connectivity index (χ4v) is 1.74. The van der Waals surface area contributed by atoms with Crippen LogP contribution in [0.5, 0.6) is 0 Å². The largest absolute Gasteiger partial charge is 0.473 e. The minimum atomic E-state index is -1.82. The van der Waals surface area contributed by atoms with Crippen molar-refractivity contribution in [3.05, 3.63) is 12.3 Å². The third-order valence-corrected chi connectivity index (χ3v) is 3.77. The molecule has 0 radical (unpaired) electrons. The number of nitrogens with zero attached hydrogens (tertiary/aromatic N) is 2. The molecule has 4 N–H and O–H groups in total. The summed E-state index contributed by atoms with van der Waals surface area (Å²) >= 11 is 0. The molecule has 0 unspecified atom stereocenters. The van der Waals surface area contributed by atoms with E-state index in [4.69, 9.17) is 30.3 Å². The lowest BCUT2D eigenvalue weighted by Gasteiger charge is -2.15. The molecule has 9 heteroatoms. The molecule has 1 aromatic rings. The van der Waals surface area contributed by atoms with Crippen molar-refractivity contribution < 1.29 is 24.5 Å². The Kier molecular flexibility index (Phi) is 7.55. The van der Waals surface area contributed by atoms with Crippen molar-refractivity contribution in [2.75, 3.05) is 12.3 Å². The lowest BCUT2D eigenvalue weighted by Crippen LogP contribution is -2.22. The van der Waals surface area contributed by atoms with E-state index >= 15 is 0 Å². The van der Waals surface area contributed by atoms with Gasteiger partial charge in [0.15, 0.2) is 0 Å². The molecule has 1 heterocycles. The summed E-state index contributed by atoms with van der Waals surface area (Å²) in [6, 6.07) is 2.95. The van der Waals surface area contributed by atoms with Crippen molar-refractivity contribution in [1.29, 1.82) is 0 Å². The van der Waals surface area contributed by atoms with Crippen LogP contribution in [0.3, 0.4) is 0 Å². The van der Waals surface area contributed by atoms with E-state index in [9.17, 15) is 0 Å². The number of aromatic nitrogens is 2. The smallest absolute Gasteiger partial charge is 0.414 e. The first kappa shape index (κ1) is 18.1. The van der Waals surface area contributed by atoms with Crippen molar-refractivity contribution in [2.45, 2.75) is 32.4 Å². The van der Waals surface area contributed by atoms with Gasteiger partial charge >= 0.3 is 11.9 Å². The van der Waals surface area contributed by atoms with E-state index in [1.807, 2.05) is 6.20 Å². The van der Waals surface area contributed by atoms with Gasteiger partial charge < -0.3 is 20.7 Å². The average molecular weight is 303 g/mol. The maximum atomic E-state index is 9.10. The molecule has 0 saturated carbocycles. The number of aliphatic carboxylic acids is 2. The highest BCUT2D eigenvalue weighted by atomic mass is 28.3. The van der Waals surface area contributed by atoms with Gasteiger partial charge in [0.2, 0.25) is 0 Å². The van der Waals surface area contributed by atoms with Crippen molar-refractivity contribution >= 4 is 25.8 Å². The van der Waals surface area contributed by atoms with Crippen LogP contribution in [0, 0.1) is 0 Å². The molecule has 0 aromatic carbocycles. The van der Waals surface area contributed by atoms with Crippen molar-refractivity contribution in [2.24, 2.45) is 0 Å². The number of carboxylic acid groups (broad SMARTS) is 2. The van der Waals surface area contributed by atoms with Gasteiger partial charge in [-0.3, -0.25) is 0 Å². The molecule has 8 nitrogen and oxygen atoms in total. The summed E-state index contributed by atoms with van der Waals surface area (Å²) in [5.74, 6) is -3.11. The average Bonchev–Trinajstić information content (AvgIpc) is 2.70. The zero-order valence-corrected chi connectivity index (χ0v) is 12.9. The van der Waals surface area contributed by atoms with Crippen LogP contribution in [0.4, 0.5) is 5.82 Å². The van der Waals surface area contributed by atoms with E-state index in [1.54, 1.807) is 10.7 Å². The molecule has 0 spiro atoms. The summed E-state index contributed by atoms with van der Waals surface area (Å²) in [5, 5.41) is 18.8. The van der Waals surface area contributed by atoms with E-state index in [-0.39, 0.29) is 0 Å². The summed E-state index contributed by atoms with van der Waals surface area (Å²) in [4.78, 5) is 18.2. The van der Waals surface area contributed by atoms with Gasteiger partial charge in [-0.15, -0.1) is 0 Å². The number of carboxylic acids is 2. The summed E-state index contributed by atoms with van der Waals surface area (Å²) in [6.07, 6.45) is 1.82.